The quantitative estimate of drug-likeness (QED) is 0.334. The number of hydrogen-bond donors (Lipinski definition) is 2. The molecule has 0 saturated heterocycles. The van der Waals surface area contributed by atoms with Gasteiger partial charge in [-0.3, -0.25) is 4.99 Å². The molecule has 0 fully saturated rings. The predicted molar refractivity (Wildman–Crippen MR) is 135 cm³/mol. The molecule has 8 heteroatoms. The maximum absolute atomic E-state index is 11.8. The van der Waals surface area contributed by atoms with Gasteiger partial charge in [0.15, 0.2) is 15.8 Å². The van der Waals surface area contributed by atoms with Gasteiger partial charge in [-0.1, -0.05) is 30.3 Å². The Morgan fingerprint density at radius 1 is 1.20 bits per heavy atom. The number of nitrogens with one attached hydrogen (secondary N) is 2. The zero-order chi connectivity index (χ0) is 21.0. The largest absolute Gasteiger partial charge is 0.366 e. The highest BCUT2D eigenvalue weighted by Gasteiger charge is 2.22. The van der Waals surface area contributed by atoms with Gasteiger partial charge in [0.1, 0.15) is 0 Å². The molecule has 1 aliphatic heterocycles. The summed E-state index contributed by atoms with van der Waals surface area (Å²) in [7, 11) is -1.44. The molecule has 30 heavy (non-hydrogen) atoms. The van der Waals surface area contributed by atoms with Gasteiger partial charge in [0.2, 0.25) is 0 Å². The Hall–Kier alpha value is -1.81. The lowest BCUT2D eigenvalue weighted by atomic mass is 10.1. The molecular weight excluding hydrogens is 511 g/mol. The van der Waals surface area contributed by atoms with Gasteiger partial charge in [0, 0.05) is 44.7 Å². The molecule has 0 aromatic heterocycles. The molecule has 1 heterocycles. The first kappa shape index (κ1) is 24.5. The molecule has 0 saturated carbocycles. The van der Waals surface area contributed by atoms with Crippen LogP contribution >= 0.6 is 24.0 Å². The number of benzene rings is 2. The number of anilines is 1. The van der Waals surface area contributed by atoms with E-state index in [-0.39, 0.29) is 24.0 Å². The van der Waals surface area contributed by atoms with Gasteiger partial charge >= 0.3 is 0 Å². The lowest BCUT2D eigenvalue weighted by molar-refractivity contribution is 0.601. The summed E-state index contributed by atoms with van der Waals surface area (Å²) >= 11 is 0. The normalized spacial score (nSPS) is 14.7. The SMILES string of the molecule is CN=C(NCc1ccc(S(C)(=O)=O)c(C)c1)NCC(C)N1CCc2ccccc21.I. The second-order valence-electron chi connectivity index (χ2n) is 7.60. The van der Waals surface area contributed by atoms with Crippen molar-refractivity contribution in [2.45, 2.75) is 37.8 Å². The van der Waals surface area contributed by atoms with Crippen LogP contribution in [0.1, 0.15) is 23.6 Å². The van der Waals surface area contributed by atoms with Crippen molar-refractivity contribution in [1.82, 2.24) is 10.6 Å². The average molecular weight is 542 g/mol. The number of aryl methyl sites for hydroxylation is 1. The monoisotopic (exact) mass is 542 g/mol. The number of nitrogens with zero attached hydrogens (tertiary/aromatic N) is 2. The minimum atomic E-state index is -3.19. The van der Waals surface area contributed by atoms with Gasteiger partial charge in [0.05, 0.1) is 4.90 Å². The maximum atomic E-state index is 11.8. The fraction of sp³-hybridized carbons (Fsp3) is 0.409. The minimum Gasteiger partial charge on any atom is -0.366 e. The number of guanidine groups is 1. The molecule has 6 nitrogen and oxygen atoms in total. The second kappa shape index (κ2) is 10.5. The van der Waals surface area contributed by atoms with Crippen LogP contribution in [0.15, 0.2) is 52.4 Å². The summed E-state index contributed by atoms with van der Waals surface area (Å²) in [6, 6.07) is 14.3. The van der Waals surface area contributed by atoms with Crippen molar-refractivity contribution < 1.29 is 8.42 Å². The lowest BCUT2D eigenvalue weighted by Gasteiger charge is -2.28. The Kier molecular flexibility index (Phi) is 8.54. The first-order valence-corrected chi connectivity index (χ1v) is 11.8. The zero-order valence-corrected chi connectivity index (χ0v) is 21.1. The van der Waals surface area contributed by atoms with Crippen LogP contribution in [0, 0.1) is 6.92 Å². The van der Waals surface area contributed by atoms with Crippen molar-refractivity contribution in [3.8, 4) is 0 Å². The van der Waals surface area contributed by atoms with E-state index in [0.29, 0.717) is 17.5 Å². The molecule has 1 unspecified atom stereocenters. The third kappa shape index (κ3) is 5.87. The van der Waals surface area contributed by atoms with E-state index >= 15 is 0 Å². The van der Waals surface area contributed by atoms with Crippen LogP contribution in [0.5, 0.6) is 0 Å². The number of rotatable bonds is 6. The molecule has 0 spiro atoms. The number of hydrogen-bond acceptors (Lipinski definition) is 4. The Labute approximate surface area is 197 Å². The highest BCUT2D eigenvalue weighted by molar-refractivity contribution is 14.0. The van der Waals surface area contributed by atoms with Crippen LogP contribution in [-0.2, 0) is 22.8 Å². The molecular formula is C22H31IN4O2S. The Balaban J connectivity index is 0.00000320. The van der Waals surface area contributed by atoms with E-state index in [1.165, 1.54) is 17.5 Å². The van der Waals surface area contributed by atoms with Crippen molar-refractivity contribution >= 4 is 45.5 Å². The fourth-order valence-electron chi connectivity index (χ4n) is 3.82. The van der Waals surface area contributed by atoms with Gasteiger partial charge in [-0.05, 0) is 49.1 Å². The molecule has 2 N–H and O–H groups in total. The summed E-state index contributed by atoms with van der Waals surface area (Å²) in [5, 5.41) is 6.71. The number of para-hydroxylation sites is 1. The number of halogens is 1. The fourth-order valence-corrected chi connectivity index (χ4v) is 4.78. The van der Waals surface area contributed by atoms with E-state index in [9.17, 15) is 8.42 Å². The minimum absolute atomic E-state index is 0. The van der Waals surface area contributed by atoms with Crippen molar-refractivity contribution in [3.63, 3.8) is 0 Å². The second-order valence-corrected chi connectivity index (χ2v) is 9.58. The Bertz CT molecular complexity index is 1010. The predicted octanol–water partition coefficient (Wildman–Crippen LogP) is 3.13. The third-order valence-electron chi connectivity index (χ3n) is 5.34. The molecule has 2 aromatic rings. The van der Waals surface area contributed by atoms with Gasteiger partial charge in [0.25, 0.3) is 0 Å². The van der Waals surface area contributed by atoms with E-state index in [0.717, 1.165) is 36.6 Å². The molecule has 1 atom stereocenters. The molecule has 164 valence electrons. The van der Waals surface area contributed by atoms with Crippen molar-refractivity contribution in [2.24, 2.45) is 4.99 Å². The van der Waals surface area contributed by atoms with Gasteiger partial charge < -0.3 is 15.5 Å². The smallest absolute Gasteiger partial charge is 0.191 e. The van der Waals surface area contributed by atoms with E-state index < -0.39 is 9.84 Å². The summed E-state index contributed by atoms with van der Waals surface area (Å²) in [4.78, 5) is 7.12. The van der Waals surface area contributed by atoms with Gasteiger partial charge in [-0.15, -0.1) is 24.0 Å². The lowest BCUT2D eigenvalue weighted by Crippen LogP contribution is -2.45. The summed E-state index contributed by atoms with van der Waals surface area (Å²) in [6.45, 7) is 6.43. The van der Waals surface area contributed by atoms with Crippen LogP contribution in [0.2, 0.25) is 0 Å². The Morgan fingerprint density at radius 3 is 2.60 bits per heavy atom. The number of sulfone groups is 1. The van der Waals surface area contributed by atoms with Crippen molar-refractivity contribution in [2.75, 3.05) is 31.3 Å². The van der Waals surface area contributed by atoms with Crippen molar-refractivity contribution in [3.05, 3.63) is 59.2 Å². The molecule has 0 aliphatic carbocycles. The van der Waals surface area contributed by atoms with Gasteiger partial charge in [-0.25, -0.2) is 8.42 Å². The van der Waals surface area contributed by atoms with Crippen LogP contribution in [0.25, 0.3) is 0 Å². The topological polar surface area (TPSA) is 73.8 Å². The Morgan fingerprint density at radius 2 is 1.93 bits per heavy atom. The molecule has 0 radical (unpaired) electrons. The number of aliphatic imine (C=N–C) groups is 1. The first-order chi connectivity index (χ1) is 13.8. The van der Waals surface area contributed by atoms with Gasteiger partial charge in [-0.2, -0.15) is 0 Å². The maximum Gasteiger partial charge on any atom is 0.191 e. The van der Waals surface area contributed by atoms with E-state index in [1.807, 2.05) is 19.1 Å². The van der Waals surface area contributed by atoms with E-state index in [2.05, 4.69) is 51.7 Å². The van der Waals surface area contributed by atoms with E-state index in [4.69, 9.17) is 0 Å². The standard InChI is InChI=1S/C22H30N4O2S.HI/c1-16-13-18(9-10-21(16)29(4,27)28)15-25-22(23-3)24-14-17(2)26-12-11-19-7-5-6-8-20(19)26;/h5-10,13,17H,11-12,14-15H2,1-4H3,(H2,23,24,25);1H. The van der Waals surface area contributed by atoms with Crippen LogP contribution in [-0.4, -0.2) is 46.8 Å². The summed E-state index contributed by atoms with van der Waals surface area (Å²) in [6.07, 6.45) is 2.33. The molecule has 0 amide bonds. The van der Waals surface area contributed by atoms with Crippen LogP contribution < -0.4 is 15.5 Å². The summed E-state index contributed by atoms with van der Waals surface area (Å²) in [5.41, 5.74) is 4.51. The molecule has 1 aliphatic rings. The molecule has 3 rings (SSSR count). The highest BCUT2D eigenvalue weighted by atomic mass is 127. The molecule has 2 aromatic carbocycles. The zero-order valence-electron chi connectivity index (χ0n) is 18.0. The van der Waals surface area contributed by atoms with Crippen LogP contribution in [0.3, 0.4) is 0 Å². The van der Waals surface area contributed by atoms with Crippen molar-refractivity contribution in [1.29, 1.82) is 0 Å². The third-order valence-corrected chi connectivity index (χ3v) is 6.60. The number of fused-ring (bicyclic) bond motifs is 1. The van der Waals surface area contributed by atoms with E-state index in [1.54, 1.807) is 13.1 Å². The average Bonchev–Trinajstić information content (AvgIpc) is 3.11. The summed E-state index contributed by atoms with van der Waals surface area (Å²) < 4.78 is 23.5. The highest BCUT2D eigenvalue weighted by Crippen LogP contribution is 2.28. The molecule has 0 bridgehead atoms. The van der Waals surface area contributed by atoms with Crippen LogP contribution in [0.4, 0.5) is 5.69 Å². The first-order valence-electron chi connectivity index (χ1n) is 9.88. The summed E-state index contributed by atoms with van der Waals surface area (Å²) in [5.74, 6) is 0.731.